The average molecular weight is 510 g/mol. The van der Waals surface area contributed by atoms with Crippen LogP contribution in [0.4, 0.5) is 26.3 Å². The Morgan fingerprint density at radius 3 is 2.31 bits per heavy atom. The Morgan fingerprint density at radius 2 is 1.69 bits per heavy atom. The third-order valence-electron chi connectivity index (χ3n) is 9.86. The molecule has 4 aliphatic carbocycles. The zero-order chi connectivity index (χ0) is 26.0. The number of amides is 1. The summed E-state index contributed by atoms with van der Waals surface area (Å²) in [6.07, 6.45) is -2.98. The van der Waals surface area contributed by atoms with Crippen LogP contribution >= 0.6 is 0 Å². The van der Waals surface area contributed by atoms with Crippen molar-refractivity contribution in [1.29, 1.82) is 0 Å². The number of rotatable bonds is 3. The van der Waals surface area contributed by atoms with Crippen molar-refractivity contribution in [2.24, 2.45) is 34.5 Å². The van der Waals surface area contributed by atoms with Gasteiger partial charge in [0.15, 0.2) is 0 Å². The maximum atomic E-state index is 12.7. The van der Waals surface area contributed by atoms with E-state index in [-0.39, 0.29) is 22.7 Å². The Hall–Kier alpha value is -1.74. The summed E-state index contributed by atoms with van der Waals surface area (Å²) >= 11 is 0. The summed E-state index contributed by atoms with van der Waals surface area (Å²) in [5, 5.41) is 2.14. The first-order chi connectivity index (χ1) is 16.1. The van der Waals surface area contributed by atoms with E-state index in [0.29, 0.717) is 37.5 Å². The molecule has 4 nitrogen and oxygen atoms in total. The molecule has 35 heavy (non-hydrogen) atoms. The number of carbonyl (C=O) groups excluding carboxylic acids is 2. The normalized spacial score (nSPS) is 40.0. The molecule has 8 atom stereocenters. The second kappa shape index (κ2) is 8.68. The van der Waals surface area contributed by atoms with Crippen LogP contribution in [0.25, 0.3) is 0 Å². The number of alkyl halides is 6. The minimum Gasteiger partial charge on any atom is -0.456 e. The minimum absolute atomic E-state index is 0.147. The van der Waals surface area contributed by atoms with Crippen LogP contribution in [0.5, 0.6) is 0 Å². The number of carbonyl (C=O) groups is 2. The lowest BCUT2D eigenvalue weighted by molar-refractivity contribution is -0.208. The molecule has 0 heterocycles. The van der Waals surface area contributed by atoms with E-state index in [0.717, 1.165) is 31.3 Å². The van der Waals surface area contributed by atoms with Crippen molar-refractivity contribution in [3.05, 3.63) is 11.6 Å². The van der Waals surface area contributed by atoms with Gasteiger partial charge in [0.05, 0.1) is 0 Å². The molecule has 0 saturated heterocycles. The Labute approximate surface area is 201 Å². The quantitative estimate of drug-likeness (QED) is 0.284. The van der Waals surface area contributed by atoms with Crippen LogP contribution in [0.2, 0.25) is 0 Å². The number of esters is 1. The van der Waals surface area contributed by atoms with Crippen LogP contribution in [0.1, 0.15) is 72.1 Å². The molecular formula is C25H33F6NO3. The lowest BCUT2D eigenvalue weighted by atomic mass is 9.47. The van der Waals surface area contributed by atoms with Gasteiger partial charge >= 0.3 is 24.2 Å². The van der Waals surface area contributed by atoms with E-state index >= 15 is 0 Å². The number of halogens is 6. The van der Waals surface area contributed by atoms with Crippen LogP contribution in [0.15, 0.2) is 11.6 Å². The van der Waals surface area contributed by atoms with Gasteiger partial charge in [-0.15, -0.1) is 0 Å². The maximum absolute atomic E-state index is 12.7. The average Bonchev–Trinajstić information content (AvgIpc) is 3.10. The van der Waals surface area contributed by atoms with Gasteiger partial charge in [-0.3, -0.25) is 4.79 Å². The SMILES string of the molecule is C[C@H](OC(=O)C(F)(F)F)[C@H]1CCC2C3CC=C4C[C@H](NC(=O)C(F)(F)F)CC[C@]4(C)C3CC[C@@]21C. The summed E-state index contributed by atoms with van der Waals surface area (Å²) < 4.78 is 81.2. The molecule has 3 saturated carbocycles. The molecule has 0 spiro atoms. The Bertz CT molecular complexity index is 899. The van der Waals surface area contributed by atoms with Crippen molar-refractivity contribution in [3.8, 4) is 0 Å². The second-order valence-corrected chi connectivity index (χ2v) is 11.5. The third kappa shape index (κ3) is 4.59. The number of allylic oxidation sites excluding steroid dienone is 1. The highest BCUT2D eigenvalue weighted by Gasteiger charge is 2.60. The van der Waals surface area contributed by atoms with E-state index in [4.69, 9.17) is 4.74 Å². The predicted molar refractivity (Wildman–Crippen MR) is 115 cm³/mol. The number of hydrogen-bond donors (Lipinski definition) is 1. The molecule has 0 bridgehead atoms. The lowest BCUT2D eigenvalue weighted by Gasteiger charge is -2.58. The van der Waals surface area contributed by atoms with Gasteiger partial charge < -0.3 is 10.1 Å². The summed E-state index contributed by atoms with van der Waals surface area (Å²) in [4.78, 5) is 22.8. The fourth-order valence-corrected chi connectivity index (χ4v) is 8.18. The van der Waals surface area contributed by atoms with E-state index < -0.39 is 36.4 Å². The molecule has 0 aromatic rings. The fraction of sp³-hybridized carbons (Fsp3) is 0.840. The summed E-state index contributed by atoms with van der Waals surface area (Å²) in [7, 11) is 0. The number of hydrogen-bond acceptors (Lipinski definition) is 3. The third-order valence-corrected chi connectivity index (χ3v) is 9.86. The molecule has 1 N–H and O–H groups in total. The molecule has 10 heteroatoms. The highest BCUT2D eigenvalue weighted by Crippen LogP contribution is 2.66. The molecule has 0 aliphatic heterocycles. The van der Waals surface area contributed by atoms with Crippen LogP contribution in [-0.2, 0) is 14.3 Å². The standard InChI is InChI=1S/C25H33F6NO3/c1-13(35-21(34)25(29,30)31)17-6-7-18-16-5-4-14-12-15(32-20(33)24(26,27)28)8-10-22(14,2)19(16)9-11-23(17,18)3/h4,13,15-19H,5-12H2,1-3H3,(H,32,33)/t13-,15+,16?,17+,18?,19?,22-,23+/m0/s1. The smallest absolute Gasteiger partial charge is 0.456 e. The molecule has 3 fully saturated rings. The van der Waals surface area contributed by atoms with E-state index in [1.54, 1.807) is 6.92 Å². The van der Waals surface area contributed by atoms with E-state index in [1.165, 1.54) is 0 Å². The Morgan fingerprint density at radius 1 is 1.00 bits per heavy atom. The van der Waals surface area contributed by atoms with Gasteiger partial charge in [0.1, 0.15) is 6.10 Å². The van der Waals surface area contributed by atoms with Crippen LogP contribution in [0.3, 0.4) is 0 Å². The molecular weight excluding hydrogens is 476 g/mol. The largest absolute Gasteiger partial charge is 0.490 e. The predicted octanol–water partition coefficient (Wildman–Crippen LogP) is 6.11. The molecule has 0 aromatic carbocycles. The van der Waals surface area contributed by atoms with Crippen molar-refractivity contribution in [3.63, 3.8) is 0 Å². The topological polar surface area (TPSA) is 55.4 Å². The molecule has 0 radical (unpaired) electrons. The molecule has 4 aliphatic rings. The van der Waals surface area contributed by atoms with Crippen molar-refractivity contribution in [2.75, 3.05) is 0 Å². The van der Waals surface area contributed by atoms with Crippen molar-refractivity contribution in [2.45, 2.75) is 96.6 Å². The molecule has 1 amide bonds. The lowest BCUT2D eigenvalue weighted by Crippen LogP contribution is -2.53. The first-order valence-electron chi connectivity index (χ1n) is 12.4. The van der Waals surface area contributed by atoms with Gasteiger partial charge in [-0.25, -0.2) is 4.79 Å². The van der Waals surface area contributed by atoms with Gasteiger partial charge in [0.2, 0.25) is 0 Å². The molecule has 4 rings (SSSR count). The summed E-state index contributed by atoms with van der Waals surface area (Å²) in [6.45, 7) is 5.86. The van der Waals surface area contributed by atoms with Crippen molar-refractivity contribution < 1.29 is 40.7 Å². The zero-order valence-corrected chi connectivity index (χ0v) is 20.2. The number of nitrogens with one attached hydrogen (secondary N) is 1. The zero-order valence-electron chi connectivity index (χ0n) is 20.2. The van der Waals surface area contributed by atoms with Crippen LogP contribution in [-0.4, -0.2) is 36.4 Å². The summed E-state index contributed by atoms with van der Waals surface area (Å²) in [5.74, 6) is -3.23. The number of ether oxygens (including phenoxy) is 1. The molecule has 0 aromatic heterocycles. The van der Waals surface area contributed by atoms with E-state index in [9.17, 15) is 35.9 Å². The Balaban J connectivity index is 1.48. The van der Waals surface area contributed by atoms with E-state index in [2.05, 4.69) is 25.2 Å². The van der Waals surface area contributed by atoms with Gasteiger partial charge in [-0.2, -0.15) is 26.3 Å². The van der Waals surface area contributed by atoms with Gasteiger partial charge in [0, 0.05) is 12.0 Å². The van der Waals surface area contributed by atoms with Crippen LogP contribution in [0, 0.1) is 34.5 Å². The monoisotopic (exact) mass is 509 g/mol. The first-order valence-corrected chi connectivity index (χ1v) is 12.4. The van der Waals surface area contributed by atoms with Crippen molar-refractivity contribution >= 4 is 11.9 Å². The molecule has 198 valence electrons. The summed E-state index contributed by atoms with van der Waals surface area (Å²) in [5.41, 5.74) is 0.727. The van der Waals surface area contributed by atoms with Crippen molar-refractivity contribution in [1.82, 2.24) is 5.32 Å². The fourth-order valence-electron chi connectivity index (χ4n) is 8.18. The first kappa shape index (κ1) is 26.3. The number of fused-ring (bicyclic) bond motifs is 5. The maximum Gasteiger partial charge on any atom is 0.490 e. The summed E-state index contributed by atoms with van der Waals surface area (Å²) in [6, 6.07) is -0.533. The van der Waals surface area contributed by atoms with Crippen LogP contribution < -0.4 is 5.32 Å². The second-order valence-electron chi connectivity index (χ2n) is 11.5. The van der Waals surface area contributed by atoms with Gasteiger partial charge in [0.25, 0.3) is 0 Å². The van der Waals surface area contributed by atoms with Gasteiger partial charge in [-0.1, -0.05) is 25.5 Å². The minimum atomic E-state index is -5.01. The highest BCUT2D eigenvalue weighted by molar-refractivity contribution is 5.82. The van der Waals surface area contributed by atoms with Gasteiger partial charge in [-0.05, 0) is 86.9 Å². The molecule has 3 unspecified atom stereocenters. The highest BCUT2D eigenvalue weighted by atomic mass is 19.4. The van der Waals surface area contributed by atoms with E-state index in [1.807, 2.05) is 0 Å². The Kier molecular flexibility index (Phi) is 6.53.